The summed E-state index contributed by atoms with van der Waals surface area (Å²) < 4.78 is 55.5. The molecule has 1 rings (SSSR count). The summed E-state index contributed by atoms with van der Waals surface area (Å²) in [5, 5.41) is 8.87. The molecule has 0 spiro atoms. The molecule has 0 aromatic heterocycles. The summed E-state index contributed by atoms with van der Waals surface area (Å²) in [5.41, 5.74) is -2.46. The van der Waals surface area contributed by atoms with Crippen molar-refractivity contribution in [1.82, 2.24) is 0 Å². The largest absolute Gasteiger partial charge is 0.494 e. The molecule has 7 heteroatoms. The molecule has 0 bridgehead atoms. The van der Waals surface area contributed by atoms with Crippen molar-refractivity contribution in [2.75, 3.05) is 6.61 Å². The van der Waals surface area contributed by atoms with Gasteiger partial charge in [0.05, 0.1) is 17.6 Å². The molecule has 0 unspecified atom stereocenters. The maximum atomic E-state index is 13.0. The van der Waals surface area contributed by atoms with E-state index in [2.05, 4.69) is 0 Å². The van der Waals surface area contributed by atoms with Crippen molar-refractivity contribution in [3.8, 4) is 5.75 Å². The van der Waals surface area contributed by atoms with Crippen molar-refractivity contribution in [2.24, 2.45) is 5.41 Å². The fraction of sp³-hybridized carbons (Fsp3) is 0.462. The van der Waals surface area contributed by atoms with Gasteiger partial charge in [-0.1, -0.05) is 0 Å². The molecule has 0 aliphatic rings. The van der Waals surface area contributed by atoms with Crippen molar-refractivity contribution in [3.05, 3.63) is 29.6 Å². The Hall–Kier alpha value is -1.79. The van der Waals surface area contributed by atoms with Crippen LogP contribution in [0.25, 0.3) is 0 Å². The van der Waals surface area contributed by atoms with Gasteiger partial charge in [0.25, 0.3) is 0 Å². The third-order valence-electron chi connectivity index (χ3n) is 2.82. The summed E-state index contributed by atoms with van der Waals surface area (Å²) in [6, 6.07) is 2.29. The molecule has 0 heterocycles. The van der Waals surface area contributed by atoms with E-state index < -0.39 is 28.9 Å². The Kier molecular flexibility index (Phi) is 4.62. The van der Waals surface area contributed by atoms with Crippen LogP contribution in [0.3, 0.4) is 0 Å². The molecule has 20 heavy (non-hydrogen) atoms. The number of halogens is 4. The van der Waals surface area contributed by atoms with Crippen molar-refractivity contribution < 1.29 is 32.2 Å². The molecule has 1 aromatic rings. The number of aliphatic carboxylic acids is 1. The van der Waals surface area contributed by atoms with Crippen LogP contribution in [0.15, 0.2) is 18.2 Å². The number of rotatable bonds is 5. The third-order valence-corrected chi connectivity index (χ3v) is 2.82. The second-order valence-electron chi connectivity index (χ2n) is 4.93. The van der Waals surface area contributed by atoms with E-state index >= 15 is 0 Å². The van der Waals surface area contributed by atoms with Crippen LogP contribution in [0, 0.1) is 11.2 Å². The van der Waals surface area contributed by atoms with Gasteiger partial charge >= 0.3 is 12.1 Å². The van der Waals surface area contributed by atoms with Crippen LogP contribution >= 0.6 is 0 Å². The van der Waals surface area contributed by atoms with Gasteiger partial charge in [0, 0.05) is 0 Å². The summed E-state index contributed by atoms with van der Waals surface area (Å²) in [6.45, 7) is 2.87. The zero-order valence-corrected chi connectivity index (χ0v) is 10.9. The van der Waals surface area contributed by atoms with Crippen LogP contribution < -0.4 is 4.74 Å². The van der Waals surface area contributed by atoms with Crippen molar-refractivity contribution in [2.45, 2.75) is 26.4 Å². The Morgan fingerprint density at radius 1 is 1.30 bits per heavy atom. The fourth-order valence-corrected chi connectivity index (χ4v) is 1.34. The minimum absolute atomic E-state index is 0.0811. The highest BCUT2D eigenvalue weighted by Crippen LogP contribution is 2.33. The summed E-state index contributed by atoms with van der Waals surface area (Å²) in [5.74, 6) is -2.56. The summed E-state index contributed by atoms with van der Waals surface area (Å²) >= 11 is 0. The lowest BCUT2D eigenvalue weighted by Crippen LogP contribution is -2.25. The molecule has 1 aromatic carbocycles. The van der Waals surface area contributed by atoms with Gasteiger partial charge in [-0.2, -0.15) is 13.2 Å². The molecular weight excluding hydrogens is 280 g/mol. The van der Waals surface area contributed by atoms with Gasteiger partial charge in [0.1, 0.15) is 11.6 Å². The minimum Gasteiger partial charge on any atom is -0.494 e. The van der Waals surface area contributed by atoms with E-state index in [-0.39, 0.29) is 18.8 Å². The van der Waals surface area contributed by atoms with Gasteiger partial charge in [-0.05, 0) is 38.5 Å². The molecule has 0 fully saturated rings. The molecule has 0 aliphatic carbocycles. The second-order valence-corrected chi connectivity index (χ2v) is 4.93. The molecule has 1 N–H and O–H groups in total. The van der Waals surface area contributed by atoms with Crippen molar-refractivity contribution >= 4 is 5.97 Å². The molecule has 0 atom stereocenters. The quantitative estimate of drug-likeness (QED) is 0.842. The molecule has 0 saturated heterocycles. The number of alkyl halides is 3. The first-order valence-corrected chi connectivity index (χ1v) is 5.77. The highest BCUT2D eigenvalue weighted by molar-refractivity contribution is 5.73. The van der Waals surface area contributed by atoms with Crippen LogP contribution in [0.5, 0.6) is 5.75 Å². The highest BCUT2D eigenvalue weighted by atomic mass is 19.4. The van der Waals surface area contributed by atoms with Gasteiger partial charge in [-0.15, -0.1) is 0 Å². The molecular formula is C13H14F4O3. The Labute approximate surface area is 113 Å². The first-order valence-electron chi connectivity index (χ1n) is 5.77. The Morgan fingerprint density at radius 3 is 2.40 bits per heavy atom. The maximum Gasteiger partial charge on any atom is 0.419 e. The lowest BCUT2D eigenvalue weighted by atomic mass is 9.90. The summed E-state index contributed by atoms with van der Waals surface area (Å²) in [6.07, 6.45) is -4.69. The van der Waals surface area contributed by atoms with E-state index in [1.54, 1.807) is 0 Å². The number of hydrogen-bond acceptors (Lipinski definition) is 2. The first kappa shape index (κ1) is 16.3. The Bertz CT molecular complexity index is 495. The number of benzene rings is 1. The van der Waals surface area contributed by atoms with E-state index in [0.717, 1.165) is 6.07 Å². The van der Waals surface area contributed by atoms with Crippen LogP contribution in [-0.2, 0) is 11.0 Å². The number of ether oxygens (including phenoxy) is 1. The SMILES string of the molecule is CC(C)(CCOc1ccc(F)c(C(F)(F)F)c1)C(=O)O. The summed E-state index contributed by atoms with van der Waals surface area (Å²) in [4.78, 5) is 10.8. The summed E-state index contributed by atoms with van der Waals surface area (Å²) in [7, 11) is 0. The highest BCUT2D eigenvalue weighted by Gasteiger charge is 2.34. The van der Waals surface area contributed by atoms with Crippen LogP contribution in [0.4, 0.5) is 17.6 Å². The number of carbonyl (C=O) groups is 1. The molecule has 0 aliphatic heterocycles. The Balaban J connectivity index is 2.73. The molecule has 112 valence electrons. The smallest absolute Gasteiger partial charge is 0.419 e. The van der Waals surface area contributed by atoms with Gasteiger partial charge in [0.15, 0.2) is 0 Å². The fourth-order valence-electron chi connectivity index (χ4n) is 1.34. The normalized spacial score (nSPS) is 12.3. The lowest BCUT2D eigenvalue weighted by molar-refractivity contribution is -0.147. The van der Waals surface area contributed by atoms with Crippen molar-refractivity contribution in [3.63, 3.8) is 0 Å². The van der Waals surface area contributed by atoms with Gasteiger partial charge in [-0.25, -0.2) is 4.39 Å². The monoisotopic (exact) mass is 294 g/mol. The average molecular weight is 294 g/mol. The molecule has 3 nitrogen and oxygen atoms in total. The third kappa shape index (κ3) is 4.11. The molecule has 0 amide bonds. The number of carboxylic acids is 1. The zero-order chi connectivity index (χ0) is 15.6. The lowest BCUT2D eigenvalue weighted by Gasteiger charge is -2.19. The van der Waals surface area contributed by atoms with E-state index in [1.165, 1.54) is 13.8 Å². The van der Waals surface area contributed by atoms with Crippen molar-refractivity contribution in [1.29, 1.82) is 0 Å². The number of carboxylic acid groups (broad SMARTS) is 1. The van der Waals surface area contributed by atoms with E-state index in [4.69, 9.17) is 9.84 Å². The van der Waals surface area contributed by atoms with Crippen LogP contribution in [-0.4, -0.2) is 17.7 Å². The average Bonchev–Trinajstić information content (AvgIpc) is 2.29. The predicted molar refractivity (Wildman–Crippen MR) is 62.9 cm³/mol. The van der Waals surface area contributed by atoms with E-state index in [0.29, 0.717) is 12.1 Å². The van der Waals surface area contributed by atoms with Crippen LogP contribution in [0.2, 0.25) is 0 Å². The van der Waals surface area contributed by atoms with E-state index in [9.17, 15) is 22.4 Å². The van der Waals surface area contributed by atoms with Gasteiger partial charge < -0.3 is 9.84 Å². The van der Waals surface area contributed by atoms with Gasteiger partial charge in [-0.3, -0.25) is 4.79 Å². The van der Waals surface area contributed by atoms with Gasteiger partial charge in [0.2, 0.25) is 0 Å². The van der Waals surface area contributed by atoms with Crippen LogP contribution in [0.1, 0.15) is 25.8 Å². The number of hydrogen-bond donors (Lipinski definition) is 1. The maximum absolute atomic E-state index is 13.0. The topological polar surface area (TPSA) is 46.5 Å². The zero-order valence-electron chi connectivity index (χ0n) is 10.9. The van der Waals surface area contributed by atoms with E-state index in [1.807, 2.05) is 0 Å². The molecule has 0 saturated carbocycles. The standard InChI is InChI=1S/C13H14F4O3/c1-12(2,11(18)19)5-6-20-8-3-4-10(14)9(7-8)13(15,16)17/h3-4,7H,5-6H2,1-2H3,(H,18,19). The predicted octanol–water partition coefficient (Wildman–Crippen LogP) is 3.72. The second kappa shape index (κ2) is 5.68. The first-order chi connectivity index (χ1) is 9.04. The Morgan fingerprint density at radius 2 is 1.90 bits per heavy atom. The minimum atomic E-state index is -4.80. The molecule has 0 radical (unpaired) electrons.